The third-order valence-electron chi connectivity index (χ3n) is 3.51. The summed E-state index contributed by atoms with van der Waals surface area (Å²) in [7, 11) is 0. The average molecular weight is 205 g/mol. The molecule has 2 N–H and O–H groups in total. The quantitative estimate of drug-likeness (QED) is 0.822. The molecule has 0 saturated heterocycles. The lowest BCUT2D eigenvalue weighted by Gasteiger charge is -2.25. The fourth-order valence-electron chi connectivity index (χ4n) is 2.43. The first kappa shape index (κ1) is 10.5. The van der Waals surface area contributed by atoms with E-state index in [9.17, 15) is 0 Å². The Bertz CT molecular complexity index is 358. The molecule has 0 aliphatic carbocycles. The molecule has 0 saturated carbocycles. The predicted octanol–water partition coefficient (Wildman–Crippen LogP) is 2.38. The largest absolute Gasteiger partial charge is 0.492 e. The Morgan fingerprint density at radius 2 is 2.27 bits per heavy atom. The lowest BCUT2D eigenvalue weighted by atomic mass is 9.77. The third kappa shape index (κ3) is 1.63. The van der Waals surface area contributed by atoms with Crippen molar-refractivity contribution in [3.8, 4) is 5.75 Å². The van der Waals surface area contributed by atoms with Crippen molar-refractivity contribution in [3.63, 3.8) is 0 Å². The van der Waals surface area contributed by atoms with E-state index in [1.807, 2.05) is 0 Å². The summed E-state index contributed by atoms with van der Waals surface area (Å²) < 4.78 is 5.76. The highest BCUT2D eigenvalue weighted by molar-refractivity contribution is 5.45. The topological polar surface area (TPSA) is 35.2 Å². The van der Waals surface area contributed by atoms with E-state index in [1.165, 1.54) is 11.1 Å². The van der Waals surface area contributed by atoms with Crippen LogP contribution >= 0.6 is 0 Å². The van der Waals surface area contributed by atoms with Gasteiger partial charge in [0.05, 0.1) is 6.61 Å². The summed E-state index contributed by atoms with van der Waals surface area (Å²) in [5, 5.41) is 0. The number of hydrogen-bond acceptors (Lipinski definition) is 2. The summed E-state index contributed by atoms with van der Waals surface area (Å²) in [6.45, 7) is 5.86. The van der Waals surface area contributed by atoms with Crippen molar-refractivity contribution in [1.82, 2.24) is 0 Å². The Morgan fingerprint density at radius 3 is 2.93 bits per heavy atom. The maximum absolute atomic E-state index is 5.76. The minimum atomic E-state index is 0.163. The molecular formula is C13H19NO. The van der Waals surface area contributed by atoms with Gasteiger partial charge in [0.1, 0.15) is 5.75 Å². The molecule has 1 unspecified atom stereocenters. The fourth-order valence-corrected chi connectivity index (χ4v) is 2.43. The van der Waals surface area contributed by atoms with E-state index in [2.05, 4.69) is 32.0 Å². The normalized spacial score (nSPS) is 23.7. The average Bonchev–Trinajstić information content (AvgIpc) is 2.58. The van der Waals surface area contributed by atoms with Crippen molar-refractivity contribution in [2.24, 2.45) is 5.73 Å². The molecule has 2 nitrogen and oxygen atoms in total. The fraction of sp³-hybridized carbons (Fsp3) is 0.538. The first-order valence-electron chi connectivity index (χ1n) is 5.66. The Labute approximate surface area is 91.4 Å². The van der Waals surface area contributed by atoms with E-state index in [0.717, 1.165) is 31.7 Å². The number of hydrogen-bond donors (Lipinski definition) is 1. The van der Waals surface area contributed by atoms with Gasteiger partial charge < -0.3 is 10.5 Å². The maximum atomic E-state index is 5.76. The number of benzene rings is 1. The Kier molecular flexibility index (Phi) is 2.70. The molecule has 0 fully saturated rings. The van der Waals surface area contributed by atoms with Crippen LogP contribution in [0.15, 0.2) is 18.2 Å². The number of ether oxygens (including phenoxy) is 1. The molecule has 1 aromatic carbocycles. The van der Waals surface area contributed by atoms with Crippen LogP contribution in [0.25, 0.3) is 0 Å². The smallest absolute Gasteiger partial charge is 0.123 e. The van der Waals surface area contributed by atoms with Crippen molar-refractivity contribution < 1.29 is 4.74 Å². The number of aryl methyl sites for hydroxylation is 1. The molecule has 2 rings (SSSR count). The molecule has 1 heterocycles. The van der Waals surface area contributed by atoms with Crippen LogP contribution < -0.4 is 10.5 Å². The molecule has 0 aromatic heterocycles. The highest BCUT2D eigenvalue weighted by Gasteiger charge is 2.38. The first-order chi connectivity index (χ1) is 7.22. The molecule has 1 aromatic rings. The van der Waals surface area contributed by atoms with Crippen molar-refractivity contribution in [1.29, 1.82) is 0 Å². The Hall–Kier alpha value is -1.02. The molecule has 2 heteroatoms. The minimum absolute atomic E-state index is 0.163. The molecule has 1 aliphatic heterocycles. The van der Waals surface area contributed by atoms with E-state index < -0.39 is 0 Å². The lowest BCUT2D eigenvalue weighted by molar-refractivity contribution is 0.249. The summed E-state index contributed by atoms with van der Waals surface area (Å²) in [6.07, 6.45) is 2.11. The van der Waals surface area contributed by atoms with Crippen molar-refractivity contribution in [3.05, 3.63) is 29.3 Å². The van der Waals surface area contributed by atoms with Gasteiger partial charge in [-0.3, -0.25) is 0 Å². The van der Waals surface area contributed by atoms with Crippen molar-refractivity contribution >= 4 is 0 Å². The van der Waals surface area contributed by atoms with Crippen LogP contribution in [0.3, 0.4) is 0 Å². The molecule has 82 valence electrons. The van der Waals surface area contributed by atoms with E-state index in [4.69, 9.17) is 10.5 Å². The monoisotopic (exact) mass is 205 g/mol. The predicted molar refractivity (Wildman–Crippen MR) is 62.3 cm³/mol. The van der Waals surface area contributed by atoms with Gasteiger partial charge in [-0.25, -0.2) is 0 Å². The molecule has 0 bridgehead atoms. The SMILES string of the molecule is CCC1(CCN)COc2ccc(C)cc21. The van der Waals surface area contributed by atoms with Crippen molar-refractivity contribution in [2.45, 2.75) is 32.1 Å². The van der Waals surface area contributed by atoms with E-state index in [1.54, 1.807) is 0 Å². The molecule has 0 radical (unpaired) electrons. The zero-order chi connectivity index (χ0) is 10.9. The van der Waals surface area contributed by atoms with Crippen LogP contribution in [-0.2, 0) is 5.41 Å². The zero-order valence-electron chi connectivity index (χ0n) is 9.55. The second-order valence-corrected chi connectivity index (χ2v) is 4.46. The summed E-state index contributed by atoms with van der Waals surface area (Å²) in [6, 6.07) is 6.44. The van der Waals surface area contributed by atoms with Crippen molar-refractivity contribution in [2.75, 3.05) is 13.2 Å². The van der Waals surface area contributed by atoms with Gasteiger partial charge in [0.25, 0.3) is 0 Å². The van der Waals surface area contributed by atoms with Gasteiger partial charge in [0.15, 0.2) is 0 Å². The lowest BCUT2D eigenvalue weighted by Crippen LogP contribution is -2.30. The van der Waals surface area contributed by atoms with E-state index in [-0.39, 0.29) is 5.41 Å². The van der Waals surface area contributed by atoms with Gasteiger partial charge in [-0.15, -0.1) is 0 Å². The Balaban J connectivity index is 2.44. The van der Waals surface area contributed by atoms with Crippen LogP contribution in [0.4, 0.5) is 0 Å². The van der Waals surface area contributed by atoms with Gasteiger partial charge in [-0.2, -0.15) is 0 Å². The summed E-state index contributed by atoms with van der Waals surface area (Å²) >= 11 is 0. The Morgan fingerprint density at radius 1 is 1.47 bits per heavy atom. The second-order valence-electron chi connectivity index (χ2n) is 4.46. The van der Waals surface area contributed by atoms with E-state index >= 15 is 0 Å². The molecular weight excluding hydrogens is 186 g/mol. The molecule has 1 aliphatic rings. The first-order valence-corrected chi connectivity index (χ1v) is 5.66. The number of fused-ring (bicyclic) bond motifs is 1. The van der Waals surface area contributed by atoms with Crippen LogP contribution in [0.2, 0.25) is 0 Å². The molecule has 15 heavy (non-hydrogen) atoms. The second kappa shape index (κ2) is 3.86. The molecule has 0 spiro atoms. The highest BCUT2D eigenvalue weighted by atomic mass is 16.5. The standard InChI is InChI=1S/C13H19NO/c1-3-13(6-7-14)9-15-12-5-4-10(2)8-11(12)13/h4-5,8H,3,6-7,9,14H2,1-2H3. The minimum Gasteiger partial charge on any atom is -0.492 e. The molecule has 1 atom stereocenters. The van der Waals surface area contributed by atoms with Crippen LogP contribution in [0, 0.1) is 6.92 Å². The number of nitrogens with two attached hydrogens (primary N) is 1. The van der Waals surface area contributed by atoms with Crippen LogP contribution in [0.1, 0.15) is 30.9 Å². The molecule has 0 amide bonds. The van der Waals surface area contributed by atoms with Gasteiger partial charge in [-0.05, 0) is 32.4 Å². The van der Waals surface area contributed by atoms with Gasteiger partial charge >= 0.3 is 0 Å². The summed E-state index contributed by atoms with van der Waals surface area (Å²) in [5.41, 5.74) is 8.53. The summed E-state index contributed by atoms with van der Waals surface area (Å²) in [4.78, 5) is 0. The van der Waals surface area contributed by atoms with Gasteiger partial charge in [0.2, 0.25) is 0 Å². The zero-order valence-corrected chi connectivity index (χ0v) is 9.55. The van der Waals surface area contributed by atoms with Crippen LogP contribution in [0.5, 0.6) is 5.75 Å². The van der Waals surface area contributed by atoms with E-state index in [0.29, 0.717) is 0 Å². The maximum Gasteiger partial charge on any atom is 0.123 e. The van der Waals surface area contributed by atoms with Gasteiger partial charge in [-0.1, -0.05) is 24.6 Å². The van der Waals surface area contributed by atoms with Crippen LogP contribution in [-0.4, -0.2) is 13.2 Å². The number of rotatable bonds is 3. The highest BCUT2D eigenvalue weighted by Crippen LogP contribution is 2.43. The van der Waals surface area contributed by atoms with Gasteiger partial charge in [0, 0.05) is 11.0 Å². The summed E-state index contributed by atoms with van der Waals surface area (Å²) in [5.74, 6) is 1.05. The third-order valence-corrected chi connectivity index (χ3v) is 3.51.